The molecule has 1 saturated carbocycles. The molecule has 0 unspecified atom stereocenters. The van der Waals surface area contributed by atoms with Crippen molar-refractivity contribution in [1.82, 2.24) is 10.3 Å². The van der Waals surface area contributed by atoms with Crippen LogP contribution in [0.15, 0.2) is 24.3 Å². The molecule has 1 aromatic heterocycles. The first kappa shape index (κ1) is 12.8. The SMILES string of the molecule is CNCc1sc(Cc2ccc(F)cc2)nc1C1CC1. The molecule has 1 aliphatic rings. The molecular weight excluding hydrogens is 259 g/mol. The standard InChI is InChI=1S/C15H17FN2S/c1-17-9-13-15(11-4-5-11)18-14(19-13)8-10-2-6-12(16)7-3-10/h2-3,6-7,11,17H,4-5,8-9H2,1H3. The van der Waals surface area contributed by atoms with E-state index in [9.17, 15) is 4.39 Å². The predicted molar refractivity (Wildman–Crippen MR) is 76.1 cm³/mol. The lowest BCUT2D eigenvalue weighted by molar-refractivity contribution is 0.627. The molecule has 0 atom stereocenters. The van der Waals surface area contributed by atoms with Gasteiger partial charge in [-0.15, -0.1) is 11.3 Å². The van der Waals surface area contributed by atoms with Crippen LogP contribution in [0.5, 0.6) is 0 Å². The zero-order chi connectivity index (χ0) is 13.2. The Balaban J connectivity index is 1.80. The lowest BCUT2D eigenvalue weighted by Crippen LogP contribution is -2.05. The lowest BCUT2D eigenvalue weighted by Gasteiger charge is -1.97. The molecule has 100 valence electrons. The number of rotatable bonds is 5. The molecule has 3 rings (SSSR count). The summed E-state index contributed by atoms with van der Waals surface area (Å²) < 4.78 is 12.9. The van der Waals surface area contributed by atoms with Gasteiger partial charge in [-0.3, -0.25) is 0 Å². The van der Waals surface area contributed by atoms with E-state index in [0.29, 0.717) is 5.92 Å². The third-order valence-electron chi connectivity index (χ3n) is 3.34. The molecular formula is C15H17FN2S. The molecule has 0 spiro atoms. The Morgan fingerprint density at radius 2 is 2.05 bits per heavy atom. The molecule has 1 fully saturated rings. The Morgan fingerprint density at radius 3 is 2.68 bits per heavy atom. The molecule has 0 amide bonds. The van der Waals surface area contributed by atoms with Crippen LogP contribution in [0.2, 0.25) is 0 Å². The third kappa shape index (κ3) is 3.01. The van der Waals surface area contributed by atoms with Crippen LogP contribution in [0.25, 0.3) is 0 Å². The van der Waals surface area contributed by atoms with E-state index in [4.69, 9.17) is 4.98 Å². The van der Waals surface area contributed by atoms with Gasteiger partial charge in [-0.1, -0.05) is 12.1 Å². The minimum Gasteiger partial charge on any atom is -0.315 e. The maximum atomic E-state index is 12.9. The highest BCUT2D eigenvalue weighted by atomic mass is 32.1. The summed E-state index contributed by atoms with van der Waals surface area (Å²) >= 11 is 1.78. The van der Waals surface area contributed by atoms with Gasteiger partial charge in [0.15, 0.2) is 0 Å². The van der Waals surface area contributed by atoms with Crippen LogP contribution in [0.4, 0.5) is 4.39 Å². The largest absolute Gasteiger partial charge is 0.315 e. The van der Waals surface area contributed by atoms with Gasteiger partial charge in [0.05, 0.1) is 10.7 Å². The van der Waals surface area contributed by atoms with E-state index in [2.05, 4.69) is 5.32 Å². The number of halogens is 1. The minimum atomic E-state index is -0.183. The second-order valence-corrected chi connectivity index (χ2v) is 6.19. The number of hydrogen-bond acceptors (Lipinski definition) is 3. The van der Waals surface area contributed by atoms with Gasteiger partial charge in [-0.05, 0) is 37.6 Å². The number of benzene rings is 1. The predicted octanol–water partition coefficient (Wildman–Crippen LogP) is 3.47. The van der Waals surface area contributed by atoms with Crippen LogP contribution < -0.4 is 5.32 Å². The van der Waals surface area contributed by atoms with Crippen LogP contribution in [0.1, 0.15) is 39.9 Å². The monoisotopic (exact) mass is 276 g/mol. The van der Waals surface area contributed by atoms with Crippen molar-refractivity contribution in [3.8, 4) is 0 Å². The lowest BCUT2D eigenvalue weighted by atomic mass is 10.1. The summed E-state index contributed by atoms with van der Waals surface area (Å²) in [5.74, 6) is 0.499. The molecule has 0 bridgehead atoms. The van der Waals surface area contributed by atoms with E-state index < -0.39 is 0 Å². The van der Waals surface area contributed by atoms with Crippen molar-refractivity contribution in [1.29, 1.82) is 0 Å². The van der Waals surface area contributed by atoms with Gasteiger partial charge >= 0.3 is 0 Å². The summed E-state index contributed by atoms with van der Waals surface area (Å²) in [6.07, 6.45) is 3.35. The fourth-order valence-electron chi connectivity index (χ4n) is 2.23. The summed E-state index contributed by atoms with van der Waals surface area (Å²) in [4.78, 5) is 6.16. The Hall–Kier alpha value is -1.26. The number of hydrogen-bond donors (Lipinski definition) is 1. The fraction of sp³-hybridized carbons (Fsp3) is 0.400. The first-order valence-electron chi connectivity index (χ1n) is 6.64. The highest BCUT2D eigenvalue weighted by Crippen LogP contribution is 2.42. The van der Waals surface area contributed by atoms with Crippen molar-refractivity contribution in [3.63, 3.8) is 0 Å². The molecule has 4 heteroatoms. The molecule has 1 aliphatic carbocycles. The molecule has 1 aromatic carbocycles. The van der Waals surface area contributed by atoms with Crippen molar-refractivity contribution in [3.05, 3.63) is 51.2 Å². The number of nitrogens with one attached hydrogen (secondary N) is 1. The highest BCUT2D eigenvalue weighted by molar-refractivity contribution is 7.11. The van der Waals surface area contributed by atoms with E-state index in [1.807, 2.05) is 19.2 Å². The molecule has 1 N–H and O–H groups in total. The first-order chi connectivity index (χ1) is 9.26. The summed E-state index contributed by atoms with van der Waals surface area (Å²) in [7, 11) is 1.97. The smallest absolute Gasteiger partial charge is 0.123 e. The van der Waals surface area contributed by atoms with Gasteiger partial charge in [-0.25, -0.2) is 9.37 Å². The van der Waals surface area contributed by atoms with Crippen molar-refractivity contribution < 1.29 is 4.39 Å². The van der Waals surface area contributed by atoms with E-state index in [-0.39, 0.29) is 5.82 Å². The van der Waals surface area contributed by atoms with Gasteiger partial charge in [0, 0.05) is 23.8 Å². The number of aromatic nitrogens is 1. The van der Waals surface area contributed by atoms with Gasteiger partial charge in [0.25, 0.3) is 0 Å². The average Bonchev–Trinajstić information content (AvgIpc) is 3.17. The Bertz CT molecular complexity index is 558. The molecule has 0 aliphatic heterocycles. The summed E-state index contributed by atoms with van der Waals surface area (Å²) in [5.41, 5.74) is 2.41. The highest BCUT2D eigenvalue weighted by Gasteiger charge is 2.29. The minimum absolute atomic E-state index is 0.183. The molecule has 2 aromatic rings. The zero-order valence-electron chi connectivity index (χ0n) is 10.9. The Kier molecular flexibility index (Phi) is 3.62. The van der Waals surface area contributed by atoms with Crippen molar-refractivity contribution >= 4 is 11.3 Å². The quantitative estimate of drug-likeness (QED) is 0.904. The van der Waals surface area contributed by atoms with E-state index >= 15 is 0 Å². The second-order valence-electron chi connectivity index (χ2n) is 5.02. The zero-order valence-corrected chi connectivity index (χ0v) is 11.8. The summed E-state index contributed by atoms with van der Waals surface area (Å²) in [5, 5.41) is 4.35. The number of thiazole rings is 1. The van der Waals surface area contributed by atoms with Gasteiger partial charge in [0.1, 0.15) is 5.82 Å². The van der Waals surface area contributed by atoms with Crippen molar-refractivity contribution in [2.75, 3.05) is 7.05 Å². The van der Waals surface area contributed by atoms with Crippen LogP contribution in [0.3, 0.4) is 0 Å². The topological polar surface area (TPSA) is 24.9 Å². The number of nitrogens with zero attached hydrogens (tertiary/aromatic N) is 1. The van der Waals surface area contributed by atoms with Crippen LogP contribution in [-0.4, -0.2) is 12.0 Å². The Morgan fingerprint density at radius 1 is 1.32 bits per heavy atom. The first-order valence-corrected chi connectivity index (χ1v) is 7.45. The van der Waals surface area contributed by atoms with Crippen molar-refractivity contribution in [2.45, 2.75) is 31.7 Å². The van der Waals surface area contributed by atoms with E-state index in [1.54, 1.807) is 11.3 Å². The van der Waals surface area contributed by atoms with Crippen LogP contribution in [0, 0.1) is 5.82 Å². The third-order valence-corrected chi connectivity index (χ3v) is 4.41. The average molecular weight is 276 g/mol. The van der Waals surface area contributed by atoms with Gasteiger partial charge < -0.3 is 5.32 Å². The maximum Gasteiger partial charge on any atom is 0.123 e. The molecule has 0 saturated heterocycles. The van der Waals surface area contributed by atoms with Crippen LogP contribution in [-0.2, 0) is 13.0 Å². The summed E-state index contributed by atoms with van der Waals surface area (Å²) in [6, 6.07) is 6.70. The van der Waals surface area contributed by atoms with Gasteiger partial charge in [-0.2, -0.15) is 0 Å². The van der Waals surface area contributed by atoms with Gasteiger partial charge in [0.2, 0.25) is 0 Å². The second kappa shape index (κ2) is 5.39. The molecule has 19 heavy (non-hydrogen) atoms. The van der Waals surface area contributed by atoms with Crippen molar-refractivity contribution in [2.24, 2.45) is 0 Å². The maximum absolute atomic E-state index is 12.9. The molecule has 2 nitrogen and oxygen atoms in total. The Labute approximate surface area is 116 Å². The fourth-order valence-corrected chi connectivity index (χ4v) is 3.43. The summed E-state index contributed by atoms with van der Waals surface area (Å²) in [6.45, 7) is 0.896. The normalized spacial score (nSPS) is 14.8. The molecule has 1 heterocycles. The molecule has 0 radical (unpaired) electrons. The van der Waals surface area contributed by atoms with Crippen LogP contribution >= 0.6 is 11.3 Å². The van der Waals surface area contributed by atoms with E-state index in [0.717, 1.165) is 23.5 Å². The van der Waals surface area contributed by atoms with E-state index in [1.165, 1.54) is 35.5 Å².